The Morgan fingerprint density at radius 2 is 1.57 bits per heavy atom. The second-order valence-corrected chi connectivity index (χ2v) is 8.98. The Kier molecular flexibility index (Phi) is 7.95. The summed E-state index contributed by atoms with van der Waals surface area (Å²) in [6, 6.07) is 21.4. The van der Waals surface area contributed by atoms with Gasteiger partial charge in [-0.1, -0.05) is 53.8 Å². The van der Waals surface area contributed by atoms with Crippen molar-refractivity contribution in [2.24, 2.45) is 0 Å². The van der Waals surface area contributed by atoms with Crippen molar-refractivity contribution < 1.29 is 23.9 Å². The van der Waals surface area contributed by atoms with Crippen LogP contribution in [0, 0.1) is 0 Å². The van der Waals surface area contributed by atoms with Crippen molar-refractivity contribution in [1.29, 1.82) is 0 Å². The Morgan fingerprint density at radius 3 is 2.22 bits per heavy atom. The standard InChI is InChI=1S/C28H24N2O6S/c1-35-26(32)22(27(33)36-2)16-18-8-11-21(12-9-18)29-14-15-30-23-13-10-20(17-24(23)37-28(30)34)25(31)19-6-4-3-5-7-19/h3-13,16-17,29H,14-15H2,1-2H3. The molecule has 1 heterocycles. The molecule has 0 bridgehead atoms. The number of esters is 2. The molecule has 0 unspecified atom stereocenters. The zero-order valence-corrected chi connectivity index (χ0v) is 21.0. The van der Waals surface area contributed by atoms with E-state index in [2.05, 4.69) is 14.8 Å². The molecular weight excluding hydrogens is 492 g/mol. The summed E-state index contributed by atoms with van der Waals surface area (Å²) in [5, 5.41) is 3.26. The van der Waals surface area contributed by atoms with E-state index < -0.39 is 11.9 Å². The fourth-order valence-electron chi connectivity index (χ4n) is 3.77. The van der Waals surface area contributed by atoms with E-state index in [-0.39, 0.29) is 16.2 Å². The second-order valence-electron chi connectivity index (χ2n) is 7.99. The highest BCUT2D eigenvalue weighted by molar-refractivity contribution is 7.16. The van der Waals surface area contributed by atoms with Crippen molar-refractivity contribution in [3.8, 4) is 0 Å². The van der Waals surface area contributed by atoms with Gasteiger partial charge in [-0.05, 0) is 42.0 Å². The van der Waals surface area contributed by atoms with Crippen LogP contribution in [0.3, 0.4) is 0 Å². The number of benzene rings is 3. The molecule has 0 saturated carbocycles. The van der Waals surface area contributed by atoms with E-state index in [4.69, 9.17) is 0 Å². The van der Waals surface area contributed by atoms with Gasteiger partial charge in [0.2, 0.25) is 0 Å². The molecular formula is C28H24N2O6S. The normalized spacial score (nSPS) is 10.5. The number of anilines is 1. The number of hydrogen-bond donors (Lipinski definition) is 1. The van der Waals surface area contributed by atoms with Gasteiger partial charge in [0.1, 0.15) is 5.57 Å². The maximum Gasteiger partial charge on any atom is 0.345 e. The molecule has 1 N–H and O–H groups in total. The molecule has 0 saturated heterocycles. The topological polar surface area (TPSA) is 104 Å². The highest BCUT2D eigenvalue weighted by Crippen LogP contribution is 2.21. The van der Waals surface area contributed by atoms with Crippen LogP contribution in [0.15, 0.2) is 83.2 Å². The molecule has 0 atom stereocenters. The van der Waals surface area contributed by atoms with Crippen LogP contribution in [0.25, 0.3) is 16.3 Å². The van der Waals surface area contributed by atoms with Crippen LogP contribution in [0.4, 0.5) is 5.69 Å². The van der Waals surface area contributed by atoms with Crippen molar-refractivity contribution in [3.63, 3.8) is 0 Å². The van der Waals surface area contributed by atoms with Crippen molar-refractivity contribution in [1.82, 2.24) is 4.57 Å². The first kappa shape index (κ1) is 25.6. The van der Waals surface area contributed by atoms with Crippen molar-refractivity contribution >= 4 is 51.0 Å². The number of carbonyl (C=O) groups is 3. The average Bonchev–Trinajstić information content (AvgIpc) is 3.25. The Balaban J connectivity index is 1.43. The van der Waals surface area contributed by atoms with Crippen LogP contribution in [-0.2, 0) is 25.6 Å². The molecule has 0 radical (unpaired) electrons. The molecule has 188 valence electrons. The highest BCUT2D eigenvalue weighted by Gasteiger charge is 2.19. The van der Waals surface area contributed by atoms with E-state index in [1.165, 1.54) is 20.3 Å². The minimum Gasteiger partial charge on any atom is -0.465 e. The van der Waals surface area contributed by atoms with Crippen molar-refractivity contribution in [2.45, 2.75) is 6.54 Å². The van der Waals surface area contributed by atoms with Gasteiger partial charge in [0.15, 0.2) is 5.78 Å². The first-order chi connectivity index (χ1) is 17.9. The molecule has 8 nitrogen and oxygen atoms in total. The summed E-state index contributed by atoms with van der Waals surface area (Å²) in [5.74, 6) is -1.64. The molecule has 0 spiro atoms. The summed E-state index contributed by atoms with van der Waals surface area (Å²) in [4.78, 5) is 48.9. The zero-order valence-electron chi connectivity index (χ0n) is 20.2. The zero-order chi connectivity index (χ0) is 26.4. The predicted molar refractivity (Wildman–Crippen MR) is 143 cm³/mol. The summed E-state index contributed by atoms with van der Waals surface area (Å²) in [7, 11) is 2.38. The third-order valence-corrected chi connectivity index (χ3v) is 6.61. The summed E-state index contributed by atoms with van der Waals surface area (Å²) in [5.41, 5.74) is 3.14. The van der Waals surface area contributed by atoms with E-state index in [9.17, 15) is 19.2 Å². The summed E-state index contributed by atoms with van der Waals surface area (Å²) in [6.45, 7) is 0.919. The van der Waals surface area contributed by atoms with E-state index in [0.29, 0.717) is 29.8 Å². The molecule has 1 aromatic heterocycles. The molecule has 0 aliphatic heterocycles. The molecule has 0 amide bonds. The average molecular weight is 517 g/mol. The van der Waals surface area contributed by atoms with Gasteiger partial charge in [-0.2, -0.15) is 0 Å². The number of methoxy groups -OCH3 is 2. The Bertz CT molecular complexity index is 1520. The van der Waals surface area contributed by atoms with Crippen LogP contribution < -0.4 is 10.2 Å². The van der Waals surface area contributed by atoms with Crippen LogP contribution in [-0.4, -0.2) is 43.1 Å². The number of nitrogens with zero attached hydrogens (tertiary/aromatic N) is 1. The van der Waals surface area contributed by atoms with Gasteiger partial charge in [-0.15, -0.1) is 0 Å². The lowest BCUT2D eigenvalue weighted by Crippen LogP contribution is -2.18. The molecule has 9 heteroatoms. The number of nitrogens with one attached hydrogen (secondary N) is 1. The number of aromatic nitrogens is 1. The monoisotopic (exact) mass is 516 g/mol. The van der Waals surface area contributed by atoms with Gasteiger partial charge >= 0.3 is 16.8 Å². The summed E-state index contributed by atoms with van der Waals surface area (Å²) < 4.78 is 11.7. The Morgan fingerprint density at radius 1 is 0.892 bits per heavy atom. The van der Waals surface area contributed by atoms with Crippen LogP contribution in [0.1, 0.15) is 21.5 Å². The minimum absolute atomic E-state index is 0.0832. The molecule has 0 fully saturated rings. The van der Waals surface area contributed by atoms with Crippen molar-refractivity contribution in [3.05, 3.63) is 105 Å². The first-order valence-electron chi connectivity index (χ1n) is 11.4. The molecule has 0 aliphatic rings. The van der Waals surface area contributed by atoms with Gasteiger partial charge in [0.05, 0.1) is 24.4 Å². The lowest BCUT2D eigenvalue weighted by atomic mass is 10.0. The van der Waals surface area contributed by atoms with Gasteiger partial charge < -0.3 is 14.8 Å². The van der Waals surface area contributed by atoms with Crippen LogP contribution >= 0.6 is 11.3 Å². The lowest BCUT2D eigenvalue weighted by Gasteiger charge is -2.09. The van der Waals surface area contributed by atoms with Gasteiger partial charge in [-0.25, -0.2) is 9.59 Å². The summed E-state index contributed by atoms with van der Waals surface area (Å²) >= 11 is 1.11. The second kappa shape index (κ2) is 11.5. The maximum absolute atomic E-state index is 12.8. The largest absolute Gasteiger partial charge is 0.465 e. The molecule has 4 aromatic rings. The SMILES string of the molecule is COC(=O)C(=Cc1ccc(NCCn2c(=O)sc3cc(C(=O)c4ccccc4)ccc32)cc1)C(=O)OC. The third-order valence-electron chi connectivity index (χ3n) is 5.66. The number of rotatable bonds is 9. The molecule has 37 heavy (non-hydrogen) atoms. The Hall–Kier alpha value is -4.50. The van der Waals surface area contributed by atoms with E-state index in [1.54, 1.807) is 53.1 Å². The van der Waals surface area contributed by atoms with E-state index in [0.717, 1.165) is 27.2 Å². The van der Waals surface area contributed by atoms with Crippen molar-refractivity contribution in [2.75, 3.05) is 26.1 Å². The predicted octanol–water partition coefficient (Wildman–Crippen LogP) is 4.14. The number of thiazole rings is 1. The fraction of sp³-hybridized carbons (Fsp3) is 0.143. The van der Waals surface area contributed by atoms with Crippen LogP contribution in [0.2, 0.25) is 0 Å². The van der Waals surface area contributed by atoms with Gasteiger partial charge in [0, 0.05) is 29.9 Å². The lowest BCUT2D eigenvalue weighted by molar-refractivity contribution is -0.143. The number of hydrogen-bond acceptors (Lipinski definition) is 8. The molecule has 0 aliphatic carbocycles. The highest BCUT2D eigenvalue weighted by atomic mass is 32.1. The quantitative estimate of drug-likeness (QED) is 0.117. The number of carbonyl (C=O) groups excluding carboxylic acids is 3. The van der Waals surface area contributed by atoms with E-state index in [1.807, 2.05) is 24.3 Å². The minimum atomic E-state index is -0.779. The third kappa shape index (κ3) is 5.84. The fourth-order valence-corrected chi connectivity index (χ4v) is 4.73. The van der Waals surface area contributed by atoms with E-state index >= 15 is 0 Å². The number of ether oxygens (including phenoxy) is 2. The van der Waals surface area contributed by atoms with Gasteiger partial charge in [0.25, 0.3) is 0 Å². The van der Waals surface area contributed by atoms with Crippen LogP contribution in [0.5, 0.6) is 0 Å². The van der Waals surface area contributed by atoms with Gasteiger partial charge in [-0.3, -0.25) is 14.2 Å². The summed E-state index contributed by atoms with van der Waals surface area (Å²) in [6.07, 6.45) is 1.40. The number of ketones is 1. The number of fused-ring (bicyclic) bond motifs is 1. The maximum atomic E-state index is 12.8. The molecule has 4 rings (SSSR count). The first-order valence-corrected chi connectivity index (χ1v) is 12.2. The smallest absolute Gasteiger partial charge is 0.345 e. The molecule has 3 aromatic carbocycles. The Labute approximate surface area is 216 Å².